The lowest BCUT2D eigenvalue weighted by Crippen LogP contribution is -2.62. The minimum atomic E-state index is -0.745. The molecule has 2 aromatic carbocycles. The van der Waals surface area contributed by atoms with Crippen LogP contribution >= 0.6 is 0 Å². The van der Waals surface area contributed by atoms with Crippen molar-refractivity contribution in [3.63, 3.8) is 0 Å². The Bertz CT molecular complexity index is 1460. The van der Waals surface area contributed by atoms with Crippen LogP contribution in [-0.2, 0) is 11.3 Å². The molecular formula is C26H24F3N5O3. The van der Waals surface area contributed by atoms with Gasteiger partial charge in [0.05, 0.1) is 25.3 Å². The largest absolute Gasteiger partial charge is 0.454 e. The summed E-state index contributed by atoms with van der Waals surface area (Å²) in [4.78, 5) is 18.7. The summed E-state index contributed by atoms with van der Waals surface area (Å²) in [5.74, 6) is -1.54. The van der Waals surface area contributed by atoms with Crippen LogP contribution in [-0.4, -0.2) is 44.6 Å². The van der Waals surface area contributed by atoms with Gasteiger partial charge in [0.2, 0.25) is 5.82 Å². The number of nitrogens with zero attached hydrogens (tertiary/aromatic N) is 5. The molecule has 2 aromatic heterocycles. The molecule has 1 fully saturated rings. The molecule has 5 rings (SSSR count). The molecular weight excluding hydrogens is 487 g/mol. The van der Waals surface area contributed by atoms with Crippen molar-refractivity contribution in [1.82, 2.24) is 19.3 Å². The van der Waals surface area contributed by atoms with Crippen molar-refractivity contribution in [2.45, 2.75) is 26.0 Å². The Hall–Kier alpha value is -4.12. The third kappa shape index (κ3) is 4.82. The molecule has 0 N–H and O–H groups in total. The van der Waals surface area contributed by atoms with Crippen molar-refractivity contribution in [1.29, 1.82) is 0 Å². The molecule has 8 nitrogen and oxygen atoms in total. The van der Waals surface area contributed by atoms with Crippen LogP contribution in [0.15, 0.2) is 65.8 Å². The summed E-state index contributed by atoms with van der Waals surface area (Å²) >= 11 is 0. The predicted octanol–water partition coefficient (Wildman–Crippen LogP) is 4.30. The third-order valence-corrected chi connectivity index (χ3v) is 6.11. The van der Waals surface area contributed by atoms with E-state index in [2.05, 4.69) is 10.1 Å². The average molecular weight is 512 g/mol. The normalized spacial score (nSPS) is 14.5. The van der Waals surface area contributed by atoms with Crippen LogP contribution < -0.4 is 15.3 Å². The van der Waals surface area contributed by atoms with Crippen molar-refractivity contribution in [3.8, 4) is 17.2 Å². The van der Waals surface area contributed by atoms with Gasteiger partial charge in [0.15, 0.2) is 11.6 Å². The zero-order chi connectivity index (χ0) is 26.2. The van der Waals surface area contributed by atoms with E-state index < -0.39 is 23.1 Å². The quantitative estimate of drug-likeness (QED) is 0.351. The number of benzene rings is 2. The Morgan fingerprint density at radius 1 is 1.03 bits per heavy atom. The van der Waals surface area contributed by atoms with E-state index in [0.29, 0.717) is 31.1 Å². The number of pyridine rings is 1. The van der Waals surface area contributed by atoms with Gasteiger partial charge in [-0.25, -0.2) is 18.6 Å². The maximum atomic E-state index is 15.1. The van der Waals surface area contributed by atoms with Crippen LogP contribution in [0.4, 0.5) is 19.0 Å². The average Bonchev–Trinajstić information content (AvgIpc) is 3.22. The highest BCUT2D eigenvalue weighted by Gasteiger charge is 2.41. The first-order valence-electron chi connectivity index (χ1n) is 11.7. The van der Waals surface area contributed by atoms with Gasteiger partial charge in [-0.3, -0.25) is 4.57 Å². The second kappa shape index (κ2) is 9.74. The fraction of sp³-hybridized carbons (Fsp3) is 0.269. The van der Waals surface area contributed by atoms with E-state index in [9.17, 15) is 13.6 Å². The SMILES string of the molecule is CCOC1(C)CN(c2nccc(Oc3ccc(-n4ncn(Cc5c(F)cccc5F)c4=O)cc3)c2F)C1. The first-order valence-corrected chi connectivity index (χ1v) is 11.7. The maximum Gasteiger partial charge on any atom is 0.350 e. The summed E-state index contributed by atoms with van der Waals surface area (Å²) in [7, 11) is 0. The first-order chi connectivity index (χ1) is 17.8. The van der Waals surface area contributed by atoms with Crippen LogP contribution in [0, 0.1) is 17.5 Å². The molecule has 1 saturated heterocycles. The molecule has 0 spiro atoms. The first kappa shape index (κ1) is 24.6. The van der Waals surface area contributed by atoms with Crippen LogP contribution in [0.1, 0.15) is 19.4 Å². The fourth-order valence-electron chi connectivity index (χ4n) is 4.32. The van der Waals surface area contributed by atoms with Gasteiger partial charge in [0.1, 0.15) is 29.3 Å². The van der Waals surface area contributed by atoms with Gasteiger partial charge in [-0.2, -0.15) is 14.2 Å². The Kier molecular flexibility index (Phi) is 6.46. The molecule has 1 aliphatic heterocycles. The molecule has 0 atom stereocenters. The summed E-state index contributed by atoms with van der Waals surface area (Å²) < 4.78 is 56.7. The highest BCUT2D eigenvalue weighted by Crippen LogP contribution is 2.35. The molecule has 0 bridgehead atoms. The topological polar surface area (TPSA) is 74.4 Å². The Balaban J connectivity index is 1.30. The van der Waals surface area contributed by atoms with Gasteiger partial charge >= 0.3 is 5.69 Å². The maximum absolute atomic E-state index is 15.1. The molecule has 0 saturated carbocycles. The minimum Gasteiger partial charge on any atom is -0.454 e. The van der Waals surface area contributed by atoms with E-state index in [4.69, 9.17) is 9.47 Å². The number of halogens is 3. The summed E-state index contributed by atoms with van der Waals surface area (Å²) in [6.45, 7) is 5.21. The third-order valence-electron chi connectivity index (χ3n) is 6.11. The number of ether oxygens (including phenoxy) is 2. The van der Waals surface area contributed by atoms with Crippen LogP contribution in [0.5, 0.6) is 11.5 Å². The van der Waals surface area contributed by atoms with Gasteiger partial charge in [-0.15, -0.1) is 0 Å². The van der Waals surface area contributed by atoms with E-state index in [1.807, 2.05) is 13.8 Å². The van der Waals surface area contributed by atoms with Gasteiger partial charge < -0.3 is 14.4 Å². The molecule has 37 heavy (non-hydrogen) atoms. The number of aromatic nitrogens is 4. The molecule has 1 aliphatic rings. The lowest BCUT2D eigenvalue weighted by Gasteiger charge is -2.48. The van der Waals surface area contributed by atoms with Crippen molar-refractivity contribution < 1.29 is 22.6 Å². The van der Waals surface area contributed by atoms with Gasteiger partial charge in [-0.05, 0) is 50.2 Å². The van der Waals surface area contributed by atoms with E-state index in [1.54, 1.807) is 29.2 Å². The molecule has 3 heterocycles. The predicted molar refractivity (Wildman–Crippen MR) is 130 cm³/mol. The number of hydrogen-bond donors (Lipinski definition) is 0. The van der Waals surface area contributed by atoms with E-state index in [0.717, 1.165) is 21.4 Å². The highest BCUT2D eigenvalue weighted by atomic mass is 19.1. The van der Waals surface area contributed by atoms with Crippen LogP contribution in [0.3, 0.4) is 0 Å². The number of rotatable bonds is 8. The zero-order valence-corrected chi connectivity index (χ0v) is 20.2. The van der Waals surface area contributed by atoms with Gasteiger partial charge in [0.25, 0.3) is 0 Å². The van der Waals surface area contributed by atoms with Crippen LogP contribution in [0.2, 0.25) is 0 Å². The van der Waals surface area contributed by atoms with Crippen LogP contribution in [0.25, 0.3) is 5.69 Å². The monoisotopic (exact) mass is 511 g/mol. The Morgan fingerprint density at radius 3 is 2.41 bits per heavy atom. The number of anilines is 1. The lowest BCUT2D eigenvalue weighted by molar-refractivity contribution is -0.0451. The van der Waals surface area contributed by atoms with E-state index >= 15 is 4.39 Å². The molecule has 0 amide bonds. The van der Waals surface area contributed by atoms with Gasteiger partial charge in [0, 0.05) is 24.4 Å². The van der Waals surface area contributed by atoms with Crippen molar-refractivity contribution in [2.24, 2.45) is 0 Å². The number of hydrogen-bond acceptors (Lipinski definition) is 6. The molecule has 0 unspecified atom stereocenters. The standard InChI is InChI=1S/C26H24F3N5O3/c1-3-36-26(2)14-33(15-26)24-23(29)22(11-12-30-24)37-18-9-7-17(8-10-18)34-25(35)32(16-31-34)13-19-20(27)5-4-6-21(19)28/h4-12,16H,3,13-15H2,1-2H3. The fourth-order valence-corrected chi connectivity index (χ4v) is 4.32. The summed E-state index contributed by atoms with van der Waals surface area (Å²) in [5.41, 5.74) is -0.733. The Morgan fingerprint density at radius 2 is 1.73 bits per heavy atom. The van der Waals surface area contributed by atoms with Crippen molar-refractivity contribution in [3.05, 3.63) is 94.6 Å². The lowest BCUT2D eigenvalue weighted by atomic mass is 9.96. The smallest absolute Gasteiger partial charge is 0.350 e. The summed E-state index contributed by atoms with van der Waals surface area (Å²) in [6.07, 6.45) is 2.68. The molecule has 4 aromatic rings. The summed E-state index contributed by atoms with van der Waals surface area (Å²) in [6, 6.07) is 11.2. The zero-order valence-electron chi connectivity index (χ0n) is 20.2. The molecule has 0 radical (unpaired) electrons. The molecule has 192 valence electrons. The van der Waals surface area contributed by atoms with Gasteiger partial charge in [-0.1, -0.05) is 6.07 Å². The Labute approximate surface area is 210 Å². The second-order valence-corrected chi connectivity index (χ2v) is 8.94. The summed E-state index contributed by atoms with van der Waals surface area (Å²) in [5, 5.41) is 4.04. The van der Waals surface area contributed by atoms with Crippen molar-refractivity contribution >= 4 is 5.82 Å². The van der Waals surface area contributed by atoms with E-state index in [1.165, 1.54) is 24.7 Å². The second-order valence-electron chi connectivity index (χ2n) is 8.94. The molecule has 11 heteroatoms. The highest BCUT2D eigenvalue weighted by molar-refractivity contribution is 5.50. The van der Waals surface area contributed by atoms with E-state index in [-0.39, 0.29) is 29.3 Å². The van der Waals surface area contributed by atoms with Crippen molar-refractivity contribution in [2.75, 3.05) is 24.6 Å². The minimum absolute atomic E-state index is 0.0103. The molecule has 0 aliphatic carbocycles.